The van der Waals surface area contributed by atoms with Crippen LogP contribution in [0.4, 0.5) is 0 Å². The normalized spacial score (nSPS) is 18.7. The van der Waals surface area contributed by atoms with E-state index in [1.54, 1.807) is 18.3 Å². The summed E-state index contributed by atoms with van der Waals surface area (Å²) in [4.78, 5) is 15.3. The summed E-state index contributed by atoms with van der Waals surface area (Å²) in [6.45, 7) is 0. The second-order valence-corrected chi connectivity index (χ2v) is 3.44. The molecule has 60 valence electrons. The van der Waals surface area contributed by atoms with E-state index in [-0.39, 0.29) is 57.2 Å². The van der Waals surface area contributed by atoms with Gasteiger partial charge in [-0.3, -0.25) is 4.79 Å². The Balaban J connectivity index is 0.000000845. The Labute approximate surface area is 122 Å². The van der Waals surface area contributed by atoms with Gasteiger partial charge in [0, 0.05) is 6.20 Å². The molecule has 0 bridgehead atoms. The monoisotopic (exact) mass is 216 g/mol. The van der Waals surface area contributed by atoms with Gasteiger partial charge in [-0.25, -0.2) is 4.98 Å². The van der Waals surface area contributed by atoms with Crippen molar-refractivity contribution in [2.75, 3.05) is 0 Å². The van der Waals surface area contributed by atoms with Crippen LogP contribution in [0.15, 0.2) is 23.4 Å². The van der Waals surface area contributed by atoms with E-state index in [2.05, 4.69) is 4.98 Å². The van der Waals surface area contributed by atoms with Crippen LogP contribution in [0.25, 0.3) is 0 Å². The number of ketones is 1. The number of nitriles is 1. The van der Waals surface area contributed by atoms with Crippen molar-refractivity contribution in [2.24, 2.45) is 0 Å². The van der Waals surface area contributed by atoms with Gasteiger partial charge in [0.1, 0.15) is 5.03 Å². The number of hydrogen-bond donors (Lipinski definition) is 0. The van der Waals surface area contributed by atoms with E-state index in [1.165, 1.54) is 11.8 Å². The number of carbonyl (C=O) groups is 1. The molecule has 0 radical (unpaired) electrons. The molecule has 0 aromatic carbocycles. The zero-order valence-corrected chi connectivity index (χ0v) is 6.84. The molecule has 0 saturated heterocycles. The molecule has 1 aliphatic heterocycles. The first-order valence-corrected chi connectivity index (χ1v) is 4.26. The van der Waals surface area contributed by atoms with Gasteiger partial charge in [0.25, 0.3) is 0 Å². The minimum absolute atomic E-state index is 0. The van der Waals surface area contributed by atoms with Gasteiger partial charge in [-0.2, -0.15) is 5.26 Å². The molecule has 0 fully saturated rings. The first kappa shape index (κ1) is 11.4. The van der Waals surface area contributed by atoms with E-state index < -0.39 is 5.25 Å². The summed E-state index contributed by atoms with van der Waals surface area (Å²) in [5, 5.41) is 8.68. The van der Waals surface area contributed by atoms with Gasteiger partial charge in [-0.15, -0.1) is 0 Å². The fourth-order valence-electron chi connectivity index (χ4n) is 1.06. The molecule has 0 N–H and O–H groups in total. The predicted molar refractivity (Wildman–Crippen MR) is 51.0 cm³/mol. The molecular formula is C8H5KN2OS. The Morgan fingerprint density at radius 3 is 3.00 bits per heavy atom. The maximum absolute atomic E-state index is 11.3. The quantitative estimate of drug-likeness (QED) is 0.596. The summed E-state index contributed by atoms with van der Waals surface area (Å²) < 4.78 is 0. The molecule has 1 atom stereocenters. The average molecular weight is 216 g/mol. The number of fused-ring (bicyclic) bond motifs is 1. The summed E-state index contributed by atoms with van der Waals surface area (Å²) in [5.74, 6) is -0.120. The fraction of sp³-hybridized carbons (Fsp3) is 0.125. The first-order chi connectivity index (χ1) is 5.83. The number of rotatable bonds is 0. The van der Waals surface area contributed by atoms with Crippen LogP contribution in [0.3, 0.4) is 0 Å². The first-order valence-electron chi connectivity index (χ1n) is 3.38. The molecule has 0 amide bonds. The minimum atomic E-state index is -0.588. The summed E-state index contributed by atoms with van der Waals surface area (Å²) in [7, 11) is 0. The van der Waals surface area contributed by atoms with Crippen molar-refractivity contribution in [3.8, 4) is 6.07 Å². The van der Waals surface area contributed by atoms with Crippen LogP contribution in [0.2, 0.25) is 0 Å². The van der Waals surface area contributed by atoms with Crippen molar-refractivity contribution in [3.05, 3.63) is 23.9 Å². The third-order valence-electron chi connectivity index (χ3n) is 1.62. The van der Waals surface area contributed by atoms with E-state index in [0.29, 0.717) is 10.6 Å². The summed E-state index contributed by atoms with van der Waals surface area (Å²) in [6.07, 6.45) is 1.62. The van der Waals surface area contributed by atoms with Gasteiger partial charge in [-0.1, -0.05) is 11.8 Å². The van der Waals surface area contributed by atoms with Crippen LogP contribution in [-0.2, 0) is 0 Å². The molecule has 5 heteroatoms. The number of pyridine rings is 1. The Morgan fingerprint density at radius 2 is 2.38 bits per heavy atom. The molecule has 2 rings (SSSR count). The SMILES string of the molecule is N#CC1Sc2ncccc2C1=O.[KH]. The van der Waals surface area contributed by atoms with Crippen molar-refractivity contribution in [3.63, 3.8) is 0 Å². The molecule has 0 spiro atoms. The predicted octanol–water partition coefficient (Wildman–Crippen LogP) is 0.614. The third kappa shape index (κ3) is 2.04. The molecule has 1 aromatic rings. The number of thioether (sulfide) groups is 1. The van der Waals surface area contributed by atoms with E-state index in [1.807, 2.05) is 6.07 Å². The fourth-order valence-corrected chi connectivity index (χ4v) is 1.99. The summed E-state index contributed by atoms with van der Waals surface area (Å²) in [5.41, 5.74) is 0.578. The van der Waals surface area contributed by atoms with Crippen molar-refractivity contribution in [2.45, 2.75) is 10.3 Å². The second-order valence-electron chi connectivity index (χ2n) is 2.35. The van der Waals surface area contributed by atoms with Crippen LogP contribution in [0, 0.1) is 11.3 Å². The number of hydrogen-bond acceptors (Lipinski definition) is 4. The van der Waals surface area contributed by atoms with Crippen molar-refractivity contribution >= 4 is 68.9 Å². The van der Waals surface area contributed by atoms with Gasteiger partial charge in [-0.05, 0) is 12.1 Å². The van der Waals surface area contributed by atoms with Gasteiger partial charge in [0.15, 0.2) is 11.0 Å². The van der Waals surface area contributed by atoms with Crippen LogP contribution in [0.5, 0.6) is 0 Å². The summed E-state index contributed by atoms with van der Waals surface area (Å²) in [6, 6.07) is 5.34. The molecular weight excluding hydrogens is 211 g/mol. The molecule has 3 nitrogen and oxygen atoms in total. The van der Waals surface area contributed by atoms with Crippen LogP contribution in [-0.4, -0.2) is 67.4 Å². The van der Waals surface area contributed by atoms with E-state index in [9.17, 15) is 4.79 Å². The number of Topliss-reactive ketones (excluding diaryl/α,β-unsaturated/α-hetero) is 1. The van der Waals surface area contributed by atoms with Gasteiger partial charge >= 0.3 is 51.4 Å². The molecule has 2 heterocycles. The zero-order valence-electron chi connectivity index (χ0n) is 6.02. The Morgan fingerprint density at radius 1 is 1.62 bits per heavy atom. The van der Waals surface area contributed by atoms with E-state index >= 15 is 0 Å². The molecule has 1 unspecified atom stereocenters. The average Bonchev–Trinajstić information content (AvgIpc) is 2.44. The number of nitrogens with zero attached hydrogens (tertiary/aromatic N) is 2. The standard InChI is InChI=1S/C8H4N2OS.K.H/c9-4-6-7(11)5-2-1-3-10-8(5)12-6;;/h1-3,6H;;. The molecule has 13 heavy (non-hydrogen) atoms. The Bertz CT molecular complexity index is 388. The zero-order chi connectivity index (χ0) is 8.55. The van der Waals surface area contributed by atoms with Gasteiger partial charge in [0.05, 0.1) is 11.6 Å². The maximum atomic E-state index is 11.3. The van der Waals surface area contributed by atoms with Gasteiger partial charge < -0.3 is 0 Å². The van der Waals surface area contributed by atoms with Crippen LogP contribution in [0.1, 0.15) is 10.4 Å². The Hall–Kier alpha value is 0.296. The van der Waals surface area contributed by atoms with Crippen LogP contribution < -0.4 is 0 Å². The molecule has 0 saturated carbocycles. The van der Waals surface area contributed by atoms with E-state index in [0.717, 1.165) is 0 Å². The number of aromatic nitrogens is 1. The Kier molecular flexibility index (Phi) is 4.10. The second kappa shape index (κ2) is 4.69. The summed E-state index contributed by atoms with van der Waals surface area (Å²) >= 11 is 1.22. The molecule has 0 aliphatic carbocycles. The number of carbonyl (C=O) groups excluding carboxylic acids is 1. The molecule has 1 aliphatic rings. The molecule has 1 aromatic heterocycles. The van der Waals surface area contributed by atoms with Crippen LogP contribution >= 0.6 is 11.8 Å². The van der Waals surface area contributed by atoms with E-state index in [4.69, 9.17) is 5.26 Å². The topological polar surface area (TPSA) is 53.8 Å². The van der Waals surface area contributed by atoms with Crippen molar-refractivity contribution in [1.82, 2.24) is 4.98 Å². The van der Waals surface area contributed by atoms with Crippen molar-refractivity contribution in [1.29, 1.82) is 5.26 Å². The van der Waals surface area contributed by atoms with Crippen molar-refractivity contribution < 1.29 is 4.79 Å². The third-order valence-corrected chi connectivity index (χ3v) is 2.73. The van der Waals surface area contributed by atoms with Gasteiger partial charge in [0.2, 0.25) is 0 Å².